The number of aromatic amines is 1. The van der Waals surface area contributed by atoms with Gasteiger partial charge >= 0.3 is 6.36 Å². The number of amides is 2. The predicted molar refractivity (Wildman–Crippen MR) is 147 cm³/mol. The maximum atomic E-state index is 13.4. The van der Waals surface area contributed by atoms with E-state index < -0.39 is 24.1 Å². The zero-order chi connectivity index (χ0) is 29.0. The van der Waals surface area contributed by atoms with Gasteiger partial charge in [0.1, 0.15) is 5.75 Å². The summed E-state index contributed by atoms with van der Waals surface area (Å²) in [6.45, 7) is 1.36. The molecule has 41 heavy (non-hydrogen) atoms. The average Bonchev–Trinajstić information content (AvgIpc) is 3.63. The molecule has 2 heterocycles. The second kappa shape index (κ2) is 11.8. The standard InChI is InChI=1S/C31H27F3N4O3/c32-31(33,34)41-28-11-10-21(20-6-5-7-22(16-20)30(40)38-14-3-4-15-38)18-26(28)29(39)37-24(12-13-35)17-23-19-36-27-9-2-1-8-25(23)27/h1-2,5-11,16,18-19,24,36H,3-4,12,14-15,17H2,(H,37,39). The Kier molecular flexibility index (Phi) is 7.97. The Balaban J connectivity index is 1.44. The van der Waals surface area contributed by atoms with Crippen LogP contribution in [0.2, 0.25) is 0 Å². The Hall–Kier alpha value is -4.78. The van der Waals surface area contributed by atoms with E-state index in [1.54, 1.807) is 35.4 Å². The van der Waals surface area contributed by atoms with Crippen molar-refractivity contribution in [2.45, 2.75) is 38.1 Å². The van der Waals surface area contributed by atoms with Crippen molar-refractivity contribution in [1.82, 2.24) is 15.2 Å². The van der Waals surface area contributed by atoms with Gasteiger partial charge in [0, 0.05) is 41.8 Å². The first-order chi connectivity index (χ1) is 19.7. The van der Waals surface area contributed by atoms with Gasteiger partial charge in [-0.1, -0.05) is 36.4 Å². The van der Waals surface area contributed by atoms with Crippen molar-refractivity contribution in [2.75, 3.05) is 13.1 Å². The number of nitrogens with one attached hydrogen (secondary N) is 2. The molecule has 210 valence electrons. The molecule has 2 amide bonds. The van der Waals surface area contributed by atoms with Gasteiger partial charge in [-0.3, -0.25) is 9.59 Å². The first-order valence-corrected chi connectivity index (χ1v) is 13.2. The van der Waals surface area contributed by atoms with Gasteiger partial charge in [-0.05, 0) is 66.3 Å². The number of benzene rings is 3. The summed E-state index contributed by atoms with van der Waals surface area (Å²) in [6.07, 6.45) is -1.11. The largest absolute Gasteiger partial charge is 0.573 e. The molecule has 3 aromatic carbocycles. The van der Waals surface area contributed by atoms with E-state index in [2.05, 4.69) is 15.0 Å². The van der Waals surface area contributed by atoms with E-state index in [1.165, 1.54) is 12.1 Å². The van der Waals surface area contributed by atoms with E-state index in [0.717, 1.165) is 35.4 Å². The number of rotatable bonds is 8. The van der Waals surface area contributed by atoms with Gasteiger partial charge in [0.2, 0.25) is 0 Å². The van der Waals surface area contributed by atoms with Crippen molar-refractivity contribution in [3.05, 3.63) is 89.6 Å². The number of aromatic nitrogens is 1. The number of ether oxygens (including phenoxy) is 1. The Morgan fingerprint density at radius 1 is 1.02 bits per heavy atom. The number of H-pyrrole nitrogens is 1. The smallest absolute Gasteiger partial charge is 0.405 e. The maximum Gasteiger partial charge on any atom is 0.573 e. The Morgan fingerprint density at radius 2 is 1.78 bits per heavy atom. The predicted octanol–water partition coefficient (Wildman–Crippen LogP) is 6.22. The third-order valence-electron chi connectivity index (χ3n) is 7.10. The summed E-state index contributed by atoms with van der Waals surface area (Å²) in [6, 6.07) is 19.5. The van der Waals surface area contributed by atoms with Gasteiger partial charge in [0.25, 0.3) is 11.8 Å². The third-order valence-corrected chi connectivity index (χ3v) is 7.10. The van der Waals surface area contributed by atoms with Crippen LogP contribution in [-0.2, 0) is 6.42 Å². The van der Waals surface area contributed by atoms with Crippen LogP contribution in [-0.4, -0.2) is 47.2 Å². The zero-order valence-corrected chi connectivity index (χ0v) is 22.0. The minimum atomic E-state index is -5.02. The van der Waals surface area contributed by atoms with Crippen LogP contribution in [0, 0.1) is 11.3 Å². The summed E-state index contributed by atoms with van der Waals surface area (Å²) >= 11 is 0. The lowest BCUT2D eigenvalue weighted by molar-refractivity contribution is -0.274. The first kappa shape index (κ1) is 27.8. The number of fused-ring (bicyclic) bond motifs is 1. The van der Waals surface area contributed by atoms with Crippen LogP contribution in [0.4, 0.5) is 13.2 Å². The number of halogens is 3. The first-order valence-electron chi connectivity index (χ1n) is 13.2. The summed E-state index contributed by atoms with van der Waals surface area (Å²) < 4.78 is 43.9. The molecule has 0 radical (unpaired) electrons. The number of carbonyl (C=O) groups is 2. The van der Waals surface area contributed by atoms with Crippen molar-refractivity contribution in [3.8, 4) is 22.9 Å². The lowest BCUT2D eigenvalue weighted by atomic mass is 9.99. The van der Waals surface area contributed by atoms with E-state index in [4.69, 9.17) is 0 Å². The highest BCUT2D eigenvalue weighted by Gasteiger charge is 2.33. The van der Waals surface area contributed by atoms with E-state index in [1.807, 2.05) is 30.3 Å². The molecule has 1 saturated heterocycles. The number of alkyl halides is 3. The van der Waals surface area contributed by atoms with E-state index in [0.29, 0.717) is 36.2 Å². The molecule has 0 aliphatic carbocycles. The highest BCUT2D eigenvalue weighted by atomic mass is 19.4. The molecule has 7 nitrogen and oxygen atoms in total. The Labute approximate surface area is 234 Å². The quantitative estimate of drug-likeness (QED) is 0.267. The molecule has 1 aliphatic rings. The highest BCUT2D eigenvalue weighted by molar-refractivity contribution is 5.99. The number of hydrogen-bond donors (Lipinski definition) is 2. The van der Waals surface area contributed by atoms with Crippen LogP contribution in [0.25, 0.3) is 22.0 Å². The molecule has 1 aliphatic heterocycles. The SMILES string of the molecule is N#CCC(Cc1c[nH]c2ccccc12)NC(=O)c1cc(-c2cccc(C(=O)N3CCCC3)c2)ccc1OC(F)(F)F. The summed E-state index contributed by atoms with van der Waals surface area (Å²) in [5, 5.41) is 13.1. The Morgan fingerprint density at radius 3 is 2.54 bits per heavy atom. The molecule has 5 rings (SSSR count). The van der Waals surface area contributed by atoms with Gasteiger partial charge in [0.15, 0.2) is 0 Å². The molecule has 1 fully saturated rings. The molecule has 0 saturated carbocycles. The topological polar surface area (TPSA) is 98.2 Å². The average molecular weight is 561 g/mol. The molecule has 10 heteroatoms. The second-order valence-electron chi connectivity index (χ2n) is 9.94. The van der Waals surface area contributed by atoms with Crippen molar-refractivity contribution in [3.63, 3.8) is 0 Å². The van der Waals surface area contributed by atoms with Crippen LogP contribution in [0.15, 0.2) is 72.9 Å². The fourth-order valence-electron chi connectivity index (χ4n) is 5.15. The molecular formula is C31H27F3N4O3. The second-order valence-corrected chi connectivity index (χ2v) is 9.94. The number of carbonyl (C=O) groups excluding carboxylic acids is 2. The minimum absolute atomic E-state index is 0.0545. The fourth-order valence-corrected chi connectivity index (χ4v) is 5.15. The van der Waals surface area contributed by atoms with Gasteiger partial charge < -0.3 is 19.9 Å². The van der Waals surface area contributed by atoms with E-state index in [9.17, 15) is 28.0 Å². The highest BCUT2D eigenvalue weighted by Crippen LogP contribution is 2.32. The van der Waals surface area contributed by atoms with Crippen molar-refractivity contribution >= 4 is 22.7 Å². The molecule has 1 atom stereocenters. The minimum Gasteiger partial charge on any atom is -0.405 e. The van der Waals surface area contributed by atoms with Gasteiger partial charge in [-0.2, -0.15) is 5.26 Å². The molecule has 2 N–H and O–H groups in total. The third kappa shape index (κ3) is 6.52. The van der Waals surface area contributed by atoms with Crippen LogP contribution in [0.1, 0.15) is 45.5 Å². The maximum absolute atomic E-state index is 13.4. The van der Waals surface area contributed by atoms with E-state index in [-0.39, 0.29) is 17.9 Å². The number of nitrogens with zero attached hydrogens (tertiary/aromatic N) is 2. The molecule has 1 unspecified atom stereocenters. The molecule has 0 bridgehead atoms. The normalized spacial score (nSPS) is 14.0. The van der Waals surface area contributed by atoms with E-state index >= 15 is 0 Å². The lowest BCUT2D eigenvalue weighted by Crippen LogP contribution is -2.36. The van der Waals surface area contributed by atoms with Crippen LogP contribution in [0.5, 0.6) is 5.75 Å². The summed E-state index contributed by atoms with van der Waals surface area (Å²) in [5.74, 6) is -1.59. The lowest BCUT2D eigenvalue weighted by Gasteiger charge is -2.19. The number of nitriles is 1. The van der Waals surface area contributed by atoms with Crippen molar-refractivity contribution in [2.24, 2.45) is 0 Å². The number of hydrogen-bond acceptors (Lipinski definition) is 4. The molecule has 4 aromatic rings. The Bertz CT molecular complexity index is 1620. The fraction of sp³-hybridized carbons (Fsp3) is 0.258. The van der Waals surface area contributed by atoms with Crippen LogP contribution >= 0.6 is 0 Å². The van der Waals surface area contributed by atoms with Gasteiger partial charge in [-0.25, -0.2) is 0 Å². The summed E-state index contributed by atoms with van der Waals surface area (Å²) in [5.41, 5.74) is 2.88. The van der Waals surface area contributed by atoms with Crippen LogP contribution in [0.3, 0.4) is 0 Å². The van der Waals surface area contributed by atoms with Gasteiger partial charge in [0.05, 0.1) is 18.1 Å². The number of likely N-dealkylation sites (tertiary alicyclic amines) is 1. The van der Waals surface area contributed by atoms with Gasteiger partial charge in [-0.15, -0.1) is 13.2 Å². The monoisotopic (exact) mass is 560 g/mol. The molecule has 1 aromatic heterocycles. The molecular weight excluding hydrogens is 533 g/mol. The zero-order valence-electron chi connectivity index (χ0n) is 22.0. The van der Waals surface area contributed by atoms with Crippen molar-refractivity contribution in [1.29, 1.82) is 5.26 Å². The van der Waals surface area contributed by atoms with Crippen LogP contribution < -0.4 is 10.1 Å². The number of para-hydroxylation sites is 1. The summed E-state index contributed by atoms with van der Waals surface area (Å²) in [4.78, 5) is 31.2. The summed E-state index contributed by atoms with van der Waals surface area (Å²) in [7, 11) is 0. The van der Waals surface area contributed by atoms with Crippen molar-refractivity contribution < 1.29 is 27.5 Å². The molecule has 0 spiro atoms.